The molecule has 21 heavy (non-hydrogen) atoms. The summed E-state index contributed by atoms with van der Waals surface area (Å²) in [4.78, 5) is 12.0. The summed E-state index contributed by atoms with van der Waals surface area (Å²) < 4.78 is 0. The molecule has 4 nitrogen and oxygen atoms in total. The molecule has 7 heteroatoms. The van der Waals surface area contributed by atoms with Crippen LogP contribution in [0.4, 0.5) is 0 Å². The summed E-state index contributed by atoms with van der Waals surface area (Å²) in [5.41, 5.74) is 5.82. The number of carbonyl (C=O) groups excluding carboxylic acids is 1. The second-order valence-electron chi connectivity index (χ2n) is 5.29. The molecule has 0 aliphatic heterocycles. The zero-order valence-corrected chi connectivity index (χ0v) is 13.8. The molecule has 4 N–H and O–H groups in total. The summed E-state index contributed by atoms with van der Waals surface area (Å²) in [5.74, 6) is -0.206. The zero-order chi connectivity index (χ0) is 14.8. The highest BCUT2D eigenvalue weighted by molar-refractivity contribution is 6.34. The van der Waals surface area contributed by atoms with E-state index in [-0.39, 0.29) is 24.9 Å². The van der Waals surface area contributed by atoms with E-state index in [4.69, 9.17) is 28.9 Å². The lowest BCUT2D eigenvalue weighted by Gasteiger charge is -2.23. The van der Waals surface area contributed by atoms with Crippen molar-refractivity contribution in [3.63, 3.8) is 0 Å². The maximum Gasteiger partial charge on any atom is 0.240 e. The van der Waals surface area contributed by atoms with Gasteiger partial charge >= 0.3 is 0 Å². The predicted molar refractivity (Wildman–Crippen MR) is 87.1 cm³/mol. The molecule has 1 aliphatic rings. The molecule has 1 aliphatic carbocycles. The van der Waals surface area contributed by atoms with Crippen molar-refractivity contribution in [2.75, 3.05) is 6.54 Å². The third-order valence-corrected chi connectivity index (χ3v) is 4.11. The molecule has 0 spiro atoms. The van der Waals surface area contributed by atoms with Crippen molar-refractivity contribution < 1.29 is 9.90 Å². The van der Waals surface area contributed by atoms with Gasteiger partial charge in [-0.15, -0.1) is 12.4 Å². The molecule has 0 bridgehead atoms. The summed E-state index contributed by atoms with van der Waals surface area (Å²) >= 11 is 11.8. The number of carbonyl (C=O) groups is 1. The molecular formula is C14H19Cl3N2O2. The molecule has 0 aromatic heterocycles. The highest BCUT2D eigenvalue weighted by Gasteiger charge is 2.36. The molecule has 2 rings (SSSR count). The molecule has 1 saturated carbocycles. The number of nitrogens with one attached hydrogen (secondary N) is 1. The van der Waals surface area contributed by atoms with Gasteiger partial charge in [-0.05, 0) is 36.6 Å². The van der Waals surface area contributed by atoms with Crippen LogP contribution in [0.2, 0.25) is 10.0 Å². The van der Waals surface area contributed by atoms with Gasteiger partial charge in [-0.1, -0.05) is 36.0 Å². The van der Waals surface area contributed by atoms with Gasteiger partial charge in [0.15, 0.2) is 0 Å². The minimum absolute atomic E-state index is 0. The molecule has 0 heterocycles. The Balaban J connectivity index is 0.00000220. The third-order valence-electron chi connectivity index (χ3n) is 3.67. The van der Waals surface area contributed by atoms with Crippen molar-refractivity contribution in [1.29, 1.82) is 0 Å². The molecule has 0 saturated heterocycles. The fraction of sp³-hybridized carbons (Fsp3) is 0.500. The van der Waals surface area contributed by atoms with Crippen molar-refractivity contribution in [2.24, 2.45) is 5.73 Å². The van der Waals surface area contributed by atoms with Gasteiger partial charge in [0.05, 0.1) is 11.6 Å². The summed E-state index contributed by atoms with van der Waals surface area (Å²) in [6.07, 6.45) is 2.46. The highest BCUT2D eigenvalue weighted by Crippen LogP contribution is 2.27. The number of aliphatic hydroxyl groups excluding tert-OH is 1. The van der Waals surface area contributed by atoms with Crippen LogP contribution >= 0.6 is 35.6 Å². The standard InChI is InChI=1S/C14H18Cl2N2O2.ClH/c15-10-5-9(6-11(16)7-10)12(19)8-18-13(20)14(17)3-1-2-4-14;/h5-7,12,19H,1-4,8,17H2,(H,18,20);1H. The lowest BCUT2D eigenvalue weighted by atomic mass is 9.98. The lowest BCUT2D eigenvalue weighted by Crippen LogP contribution is -2.52. The molecule has 1 unspecified atom stereocenters. The molecule has 1 aromatic carbocycles. The molecule has 0 radical (unpaired) electrons. The smallest absolute Gasteiger partial charge is 0.240 e. The van der Waals surface area contributed by atoms with Crippen LogP contribution in [0.3, 0.4) is 0 Å². The first-order valence-corrected chi connectivity index (χ1v) is 7.37. The minimum Gasteiger partial charge on any atom is -0.387 e. The van der Waals surface area contributed by atoms with Gasteiger partial charge in [-0.25, -0.2) is 0 Å². The normalized spacial score (nSPS) is 17.9. The number of hydrogen-bond donors (Lipinski definition) is 3. The van der Waals surface area contributed by atoms with Gasteiger partial charge in [0.2, 0.25) is 5.91 Å². The van der Waals surface area contributed by atoms with Crippen LogP contribution in [-0.2, 0) is 4.79 Å². The molecule has 1 fully saturated rings. The Morgan fingerprint density at radius 3 is 2.33 bits per heavy atom. The summed E-state index contributed by atoms with van der Waals surface area (Å²) in [6, 6.07) is 4.83. The monoisotopic (exact) mass is 352 g/mol. The predicted octanol–water partition coefficient (Wildman–Crippen LogP) is 2.84. The third kappa shape index (κ3) is 4.73. The van der Waals surface area contributed by atoms with Crippen LogP contribution in [0.15, 0.2) is 18.2 Å². The van der Waals surface area contributed by atoms with Crippen LogP contribution in [0.1, 0.15) is 37.4 Å². The first-order chi connectivity index (χ1) is 9.40. The van der Waals surface area contributed by atoms with E-state index >= 15 is 0 Å². The SMILES string of the molecule is Cl.NC1(C(=O)NCC(O)c2cc(Cl)cc(Cl)c2)CCCC1. The Kier molecular flexibility index (Phi) is 6.75. The van der Waals surface area contributed by atoms with E-state index < -0.39 is 11.6 Å². The minimum atomic E-state index is -0.861. The highest BCUT2D eigenvalue weighted by atomic mass is 35.5. The number of halogens is 3. The topological polar surface area (TPSA) is 75.4 Å². The quantitative estimate of drug-likeness (QED) is 0.779. The summed E-state index contributed by atoms with van der Waals surface area (Å²) in [7, 11) is 0. The fourth-order valence-corrected chi connectivity index (χ4v) is 3.03. The van der Waals surface area contributed by atoms with Gasteiger partial charge in [-0.3, -0.25) is 4.79 Å². The Morgan fingerprint density at radius 2 is 1.81 bits per heavy atom. The van der Waals surface area contributed by atoms with Crippen molar-refractivity contribution in [1.82, 2.24) is 5.32 Å². The van der Waals surface area contributed by atoms with Crippen molar-refractivity contribution >= 4 is 41.5 Å². The Labute approximate surface area is 140 Å². The van der Waals surface area contributed by atoms with Gasteiger partial charge < -0.3 is 16.2 Å². The number of aliphatic hydroxyl groups is 1. The molecule has 1 aromatic rings. The first kappa shape index (κ1) is 18.5. The van der Waals surface area contributed by atoms with E-state index in [0.29, 0.717) is 28.5 Å². The van der Waals surface area contributed by atoms with Crippen molar-refractivity contribution in [2.45, 2.75) is 37.3 Å². The van der Waals surface area contributed by atoms with E-state index in [1.807, 2.05) is 0 Å². The fourth-order valence-electron chi connectivity index (χ4n) is 2.48. The maximum atomic E-state index is 12.0. The average molecular weight is 354 g/mol. The molecular weight excluding hydrogens is 335 g/mol. The van der Waals surface area contributed by atoms with Crippen LogP contribution in [0.25, 0.3) is 0 Å². The number of rotatable bonds is 4. The number of amides is 1. The van der Waals surface area contributed by atoms with Gasteiger partial charge in [0.1, 0.15) is 0 Å². The van der Waals surface area contributed by atoms with Crippen molar-refractivity contribution in [3.05, 3.63) is 33.8 Å². The second-order valence-corrected chi connectivity index (χ2v) is 6.16. The molecule has 1 amide bonds. The average Bonchev–Trinajstić information content (AvgIpc) is 2.82. The van der Waals surface area contributed by atoms with Gasteiger partial charge in [0, 0.05) is 16.6 Å². The Hall–Kier alpha value is -0.520. The van der Waals surface area contributed by atoms with Crippen LogP contribution in [-0.4, -0.2) is 23.1 Å². The van der Waals surface area contributed by atoms with Crippen LogP contribution in [0, 0.1) is 0 Å². The molecule has 1 atom stereocenters. The second kappa shape index (κ2) is 7.65. The summed E-state index contributed by atoms with van der Waals surface area (Å²) in [5, 5.41) is 13.7. The zero-order valence-electron chi connectivity index (χ0n) is 11.4. The van der Waals surface area contributed by atoms with E-state index in [0.717, 1.165) is 12.8 Å². The van der Waals surface area contributed by atoms with Gasteiger partial charge in [0.25, 0.3) is 0 Å². The molecule has 118 valence electrons. The largest absolute Gasteiger partial charge is 0.387 e. The van der Waals surface area contributed by atoms with E-state index in [9.17, 15) is 9.90 Å². The van der Waals surface area contributed by atoms with Crippen molar-refractivity contribution in [3.8, 4) is 0 Å². The lowest BCUT2D eigenvalue weighted by molar-refractivity contribution is -0.126. The van der Waals surface area contributed by atoms with Gasteiger partial charge in [-0.2, -0.15) is 0 Å². The van der Waals surface area contributed by atoms with Crippen LogP contribution in [0.5, 0.6) is 0 Å². The number of benzene rings is 1. The maximum absolute atomic E-state index is 12.0. The Bertz CT molecular complexity index is 485. The van der Waals surface area contributed by atoms with Crippen LogP contribution < -0.4 is 11.1 Å². The number of nitrogens with two attached hydrogens (primary N) is 1. The summed E-state index contributed by atoms with van der Waals surface area (Å²) in [6.45, 7) is 0.0917. The number of hydrogen-bond acceptors (Lipinski definition) is 3. The van der Waals surface area contributed by atoms with E-state index in [2.05, 4.69) is 5.32 Å². The van der Waals surface area contributed by atoms with E-state index in [1.54, 1.807) is 18.2 Å². The first-order valence-electron chi connectivity index (χ1n) is 6.62. The van der Waals surface area contributed by atoms with E-state index in [1.165, 1.54) is 0 Å². The Morgan fingerprint density at radius 1 is 1.29 bits per heavy atom.